The van der Waals surface area contributed by atoms with E-state index in [2.05, 4.69) is 9.97 Å². The molecular weight excluding hydrogens is 437 g/mol. The van der Waals surface area contributed by atoms with Crippen LogP contribution in [0.2, 0.25) is 0 Å². The summed E-state index contributed by atoms with van der Waals surface area (Å²) in [4.78, 5) is 22.8. The molecule has 0 bridgehead atoms. The summed E-state index contributed by atoms with van der Waals surface area (Å²) < 4.78 is 39.4. The lowest BCUT2D eigenvalue weighted by atomic mass is 10.0. The molecule has 3 aromatic rings. The van der Waals surface area contributed by atoms with E-state index in [0.717, 1.165) is 26.6 Å². The number of halogens is 3. The molecule has 0 spiro atoms. The number of anilines is 1. The van der Waals surface area contributed by atoms with Gasteiger partial charge in [0.2, 0.25) is 5.95 Å². The summed E-state index contributed by atoms with van der Waals surface area (Å²) in [5.41, 5.74) is 1.36. The quantitative estimate of drug-likeness (QED) is 0.654. The fourth-order valence-electron chi connectivity index (χ4n) is 3.13. The molecule has 1 unspecified atom stereocenters. The Labute approximate surface area is 177 Å². The lowest BCUT2D eigenvalue weighted by Gasteiger charge is -2.29. The van der Waals surface area contributed by atoms with Crippen molar-refractivity contribution in [1.29, 1.82) is 0 Å². The van der Waals surface area contributed by atoms with Crippen LogP contribution in [0.15, 0.2) is 40.8 Å². The highest BCUT2D eigenvalue weighted by atomic mass is 32.1. The molecule has 1 aliphatic heterocycles. The maximum atomic E-state index is 12.7. The first-order chi connectivity index (χ1) is 14.2. The molecule has 0 saturated carbocycles. The number of β-amino-alcohol motifs (C(OH)–C–C–N with tert-alkyl or cyclic N) is 1. The van der Waals surface area contributed by atoms with Crippen LogP contribution in [0.1, 0.15) is 20.2 Å². The average Bonchev–Trinajstić information content (AvgIpc) is 3.32. The minimum Gasteiger partial charge on any atom is -0.387 e. The third-order valence-electron chi connectivity index (χ3n) is 4.60. The predicted octanol–water partition coefficient (Wildman–Crippen LogP) is 3.40. The van der Waals surface area contributed by atoms with E-state index in [1.54, 1.807) is 16.2 Å². The van der Waals surface area contributed by atoms with Gasteiger partial charge in [-0.1, -0.05) is 6.08 Å². The molecule has 11 heteroatoms. The highest BCUT2D eigenvalue weighted by molar-refractivity contribution is 7.12. The Morgan fingerprint density at radius 1 is 1.33 bits per heavy atom. The molecule has 158 valence electrons. The number of rotatable bonds is 4. The van der Waals surface area contributed by atoms with Gasteiger partial charge in [0, 0.05) is 16.3 Å². The zero-order valence-corrected chi connectivity index (χ0v) is 17.4. The highest BCUT2D eigenvalue weighted by Gasteiger charge is 2.32. The largest absolute Gasteiger partial charge is 0.425 e. The summed E-state index contributed by atoms with van der Waals surface area (Å²) in [6, 6.07) is 4.35. The zero-order chi connectivity index (χ0) is 21.5. The Morgan fingerprint density at radius 3 is 2.73 bits per heavy atom. The van der Waals surface area contributed by atoms with Gasteiger partial charge in [-0.3, -0.25) is 4.57 Å². The minimum atomic E-state index is -4.41. The molecule has 1 atom stereocenters. The molecule has 4 rings (SSSR count). The topological polar surface area (TPSA) is 71.2 Å². The first kappa shape index (κ1) is 20.8. The summed E-state index contributed by atoms with van der Waals surface area (Å²) in [6.07, 6.45) is -1.99. The highest BCUT2D eigenvalue weighted by Crippen LogP contribution is 2.34. The number of alkyl halides is 3. The first-order valence-corrected chi connectivity index (χ1v) is 10.7. The van der Waals surface area contributed by atoms with E-state index in [0.29, 0.717) is 22.8 Å². The van der Waals surface area contributed by atoms with Crippen molar-refractivity contribution in [3.05, 3.63) is 66.7 Å². The van der Waals surface area contributed by atoms with Crippen molar-refractivity contribution in [1.82, 2.24) is 14.5 Å². The second-order valence-corrected chi connectivity index (χ2v) is 8.98. The standard InChI is InChI=1S/C19H17F3N4O2S2/c1-11-6-15(29-9-11)13-4-5-25(8-14(13)27)17-23-10-26(18(28)24-17)7-12-2-3-16(30-12)19(20,21)22/h2-4,6,9-10,14,27H,5,7-8H2,1H3. The number of thiophene rings is 2. The van der Waals surface area contributed by atoms with Crippen LogP contribution in [0, 0.1) is 6.92 Å². The van der Waals surface area contributed by atoms with Gasteiger partial charge in [-0.25, -0.2) is 9.78 Å². The molecule has 0 saturated heterocycles. The Morgan fingerprint density at radius 2 is 2.13 bits per heavy atom. The Bertz CT molecular complexity index is 1150. The molecule has 3 aromatic heterocycles. The van der Waals surface area contributed by atoms with Crippen molar-refractivity contribution < 1.29 is 18.3 Å². The summed E-state index contributed by atoms with van der Waals surface area (Å²) >= 11 is 2.15. The summed E-state index contributed by atoms with van der Waals surface area (Å²) in [5.74, 6) is 0.176. The Hall–Kier alpha value is -2.50. The van der Waals surface area contributed by atoms with Crippen molar-refractivity contribution in [3.63, 3.8) is 0 Å². The fraction of sp³-hybridized carbons (Fsp3) is 0.316. The van der Waals surface area contributed by atoms with Crippen LogP contribution in [0.25, 0.3) is 5.57 Å². The van der Waals surface area contributed by atoms with Crippen LogP contribution in [0.3, 0.4) is 0 Å². The third-order valence-corrected chi connectivity index (χ3v) is 6.81. The van der Waals surface area contributed by atoms with E-state index < -0.39 is 22.8 Å². The first-order valence-electron chi connectivity index (χ1n) is 8.98. The molecule has 30 heavy (non-hydrogen) atoms. The lowest BCUT2D eigenvalue weighted by molar-refractivity contribution is -0.134. The molecule has 0 radical (unpaired) electrons. The van der Waals surface area contributed by atoms with Crippen LogP contribution >= 0.6 is 22.7 Å². The SMILES string of the molecule is Cc1csc(C2=CCN(c3ncn(Cc4ccc(C(F)(F)F)s4)c(=O)n3)CC2O)c1. The minimum absolute atomic E-state index is 0.0374. The second-order valence-electron chi connectivity index (χ2n) is 6.90. The molecule has 0 amide bonds. The smallest absolute Gasteiger partial charge is 0.387 e. The van der Waals surface area contributed by atoms with Crippen LogP contribution in [-0.2, 0) is 12.7 Å². The van der Waals surface area contributed by atoms with Crippen molar-refractivity contribution in [2.45, 2.75) is 25.7 Å². The van der Waals surface area contributed by atoms with Crippen molar-refractivity contribution in [3.8, 4) is 0 Å². The maximum absolute atomic E-state index is 12.7. The van der Waals surface area contributed by atoms with Crippen molar-refractivity contribution >= 4 is 34.2 Å². The van der Waals surface area contributed by atoms with Gasteiger partial charge in [-0.15, -0.1) is 22.7 Å². The van der Waals surface area contributed by atoms with E-state index in [4.69, 9.17) is 0 Å². The van der Waals surface area contributed by atoms with Crippen molar-refractivity contribution in [2.24, 2.45) is 0 Å². The number of aliphatic hydroxyl groups is 1. The van der Waals surface area contributed by atoms with Gasteiger partial charge in [0.15, 0.2) is 0 Å². The number of aliphatic hydroxyl groups excluding tert-OH is 1. The predicted molar refractivity (Wildman–Crippen MR) is 110 cm³/mol. The zero-order valence-electron chi connectivity index (χ0n) is 15.8. The number of hydrogen-bond donors (Lipinski definition) is 1. The van der Waals surface area contributed by atoms with Crippen LogP contribution < -0.4 is 10.6 Å². The van der Waals surface area contributed by atoms with E-state index in [-0.39, 0.29) is 19.0 Å². The molecule has 0 aromatic carbocycles. The number of hydrogen-bond acceptors (Lipinski definition) is 7. The number of aryl methyl sites for hydroxylation is 1. The van der Waals surface area contributed by atoms with E-state index in [9.17, 15) is 23.1 Å². The normalized spacial score (nSPS) is 17.3. The van der Waals surface area contributed by atoms with Crippen LogP contribution in [0.5, 0.6) is 0 Å². The van der Waals surface area contributed by atoms with Gasteiger partial charge in [-0.2, -0.15) is 18.2 Å². The van der Waals surface area contributed by atoms with E-state index >= 15 is 0 Å². The van der Waals surface area contributed by atoms with Gasteiger partial charge in [0.25, 0.3) is 0 Å². The number of nitrogens with zero attached hydrogens (tertiary/aromatic N) is 4. The number of aromatic nitrogens is 3. The molecular formula is C19H17F3N4O2S2. The van der Waals surface area contributed by atoms with Crippen molar-refractivity contribution in [2.75, 3.05) is 18.0 Å². The average molecular weight is 454 g/mol. The van der Waals surface area contributed by atoms with Gasteiger partial charge in [-0.05, 0) is 41.6 Å². The van der Waals surface area contributed by atoms with Gasteiger partial charge in [0.1, 0.15) is 11.2 Å². The van der Waals surface area contributed by atoms with Crippen LogP contribution in [0.4, 0.5) is 19.1 Å². The molecule has 6 nitrogen and oxygen atoms in total. The van der Waals surface area contributed by atoms with E-state index in [1.807, 2.05) is 24.4 Å². The molecule has 0 aliphatic carbocycles. The summed E-state index contributed by atoms with van der Waals surface area (Å²) in [7, 11) is 0. The van der Waals surface area contributed by atoms with Gasteiger partial charge in [0.05, 0.1) is 19.2 Å². The Kier molecular flexibility index (Phi) is 5.51. The lowest BCUT2D eigenvalue weighted by Crippen LogP contribution is -2.40. The second kappa shape index (κ2) is 7.97. The molecule has 0 fully saturated rings. The molecule has 1 aliphatic rings. The fourth-order valence-corrected chi connectivity index (χ4v) is 4.99. The van der Waals surface area contributed by atoms with Crippen LogP contribution in [-0.4, -0.2) is 38.8 Å². The third kappa shape index (κ3) is 4.32. The maximum Gasteiger partial charge on any atom is 0.425 e. The molecule has 1 N–H and O–H groups in total. The summed E-state index contributed by atoms with van der Waals surface area (Å²) in [5, 5.41) is 12.5. The van der Waals surface area contributed by atoms with Gasteiger partial charge < -0.3 is 10.0 Å². The molecule has 4 heterocycles. The van der Waals surface area contributed by atoms with E-state index in [1.165, 1.54) is 12.4 Å². The monoisotopic (exact) mass is 454 g/mol. The summed E-state index contributed by atoms with van der Waals surface area (Å²) in [6.45, 7) is 2.63. The Balaban J connectivity index is 1.49. The van der Waals surface area contributed by atoms with Gasteiger partial charge >= 0.3 is 11.9 Å².